The van der Waals surface area contributed by atoms with Gasteiger partial charge < -0.3 is 4.52 Å². The fourth-order valence-corrected chi connectivity index (χ4v) is 0.341. The molecule has 0 unspecified atom stereocenters. The minimum Gasteiger partial charge on any atom is -0.340 e. The van der Waals surface area contributed by atoms with Crippen molar-refractivity contribution in [1.82, 2.24) is 10.1 Å². The molecule has 1 aromatic rings. The molecule has 0 aromatic carbocycles. The molecule has 0 bridgehead atoms. The van der Waals surface area contributed by atoms with Gasteiger partial charge in [-0.3, -0.25) is 0 Å². The summed E-state index contributed by atoms with van der Waals surface area (Å²) < 4.78 is 4.54. The minimum atomic E-state index is 0.442. The van der Waals surface area contributed by atoms with Gasteiger partial charge in [0.1, 0.15) is 0 Å². The molecule has 0 spiro atoms. The van der Waals surface area contributed by atoms with E-state index in [9.17, 15) is 0 Å². The summed E-state index contributed by atoms with van der Waals surface area (Å²) in [6.45, 7) is 5.15. The first-order valence-electron chi connectivity index (χ1n) is 1.91. The van der Waals surface area contributed by atoms with E-state index in [1.807, 2.05) is 0 Å². The minimum absolute atomic E-state index is 0.442. The predicted octanol–water partition coefficient (Wildman–Crippen LogP) is 0.560. The van der Waals surface area contributed by atoms with Gasteiger partial charge in [0.05, 0.1) is 0 Å². The van der Waals surface area contributed by atoms with Crippen LogP contribution in [0.15, 0.2) is 4.52 Å². The molecule has 1 radical (unpaired) electrons. The topological polar surface area (TPSA) is 38.9 Å². The monoisotopic (exact) mass is 97.0 g/mol. The summed E-state index contributed by atoms with van der Waals surface area (Å²) in [7, 11) is 0. The van der Waals surface area contributed by atoms with Crippen LogP contribution in [0.3, 0.4) is 0 Å². The van der Waals surface area contributed by atoms with E-state index in [-0.39, 0.29) is 0 Å². The molecule has 0 N–H and O–H groups in total. The van der Waals surface area contributed by atoms with Crippen molar-refractivity contribution in [2.24, 2.45) is 0 Å². The lowest BCUT2D eigenvalue weighted by Gasteiger charge is -1.64. The van der Waals surface area contributed by atoms with Crippen LogP contribution >= 0.6 is 0 Å². The third-order valence-electron chi connectivity index (χ3n) is 0.570. The van der Waals surface area contributed by atoms with Crippen LogP contribution < -0.4 is 0 Å². The zero-order chi connectivity index (χ0) is 5.28. The zero-order valence-electron chi connectivity index (χ0n) is 4.01. The van der Waals surface area contributed by atoms with E-state index in [0.717, 1.165) is 0 Å². The van der Waals surface area contributed by atoms with Crippen LogP contribution in [0.5, 0.6) is 0 Å². The van der Waals surface area contributed by atoms with Crippen molar-refractivity contribution in [2.75, 3.05) is 0 Å². The van der Waals surface area contributed by atoms with Crippen LogP contribution in [0.4, 0.5) is 0 Å². The summed E-state index contributed by atoms with van der Waals surface area (Å²) in [5.41, 5.74) is 0. The Hall–Kier alpha value is -0.860. The number of nitrogens with zero attached hydrogens (tertiary/aromatic N) is 2. The summed E-state index contributed by atoms with van der Waals surface area (Å²) in [6.07, 6.45) is 0. The van der Waals surface area contributed by atoms with E-state index in [1.165, 1.54) is 0 Å². The smallest absolute Gasteiger partial charge is 0.223 e. The molecule has 3 heteroatoms. The molecule has 37 valence electrons. The Bertz CT molecular complexity index is 142. The Morgan fingerprint density at radius 2 is 2.43 bits per heavy atom. The number of hydrogen-bond acceptors (Lipinski definition) is 3. The van der Waals surface area contributed by atoms with Crippen LogP contribution in [0.25, 0.3) is 0 Å². The number of hydrogen-bond donors (Lipinski definition) is 0. The maximum Gasteiger partial charge on any atom is 0.223 e. The number of rotatable bonds is 0. The van der Waals surface area contributed by atoms with E-state index >= 15 is 0 Å². The van der Waals surface area contributed by atoms with Crippen LogP contribution in [0.2, 0.25) is 0 Å². The molecule has 0 fully saturated rings. The van der Waals surface area contributed by atoms with Crippen molar-refractivity contribution in [3.05, 3.63) is 18.6 Å². The van der Waals surface area contributed by atoms with E-state index in [4.69, 9.17) is 0 Å². The van der Waals surface area contributed by atoms with Crippen molar-refractivity contribution in [1.29, 1.82) is 0 Å². The molecular weight excluding hydrogens is 92.1 g/mol. The van der Waals surface area contributed by atoms with Crippen LogP contribution in [0.1, 0.15) is 11.7 Å². The molecule has 0 saturated heterocycles. The van der Waals surface area contributed by atoms with Crippen LogP contribution in [-0.2, 0) is 0 Å². The summed E-state index contributed by atoms with van der Waals surface area (Å²) in [5.74, 6) is 1.00. The van der Waals surface area contributed by atoms with Crippen molar-refractivity contribution in [2.45, 2.75) is 6.92 Å². The van der Waals surface area contributed by atoms with Gasteiger partial charge in [0.2, 0.25) is 5.89 Å². The highest BCUT2D eigenvalue weighted by atomic mass is 16.5. The molecule has 1 rings (SSSR count). The third kappa shape index (κ3) is 0.765. The highest BCUT2D eigenvalue weighted by Gasteiger charge is 1.90. The molecule has 1 heterocycles. The van der Waals surface area contributed by atoms with Gasteiger partial charge in [-0.05, 0) is 0 Å². The summed E-state index contributed by atoms with van der Waals surface area (Å²) in [6, 6.07) is 0. The molecule has 0 amide bonds. The average molecular weight is 97.1 g/mol. The Morgan fingerprint density at radius 3 is 2.57 bits per heavy atom. The molecule has 0 aliphatic heterocycles. The first-order valence-corrected chi connectivity index (χ1v) is 1.91. The first-order chi connectivity index (χ1) is 3.29. The predicted molar refractivity (Wildman–Crippen MR) is 23.5 cm³/mol. The van der Waals surface area contributed by atoms with E-state index in [0.29, 0.717) is 11.7 Å². The molecule has 0 atom stereocenters. The summed E-state index contributed by atoms with van der Waals surface area (Å²) >= 11 is 0. The molecular formula is C4H5N2O. The summed E-state index contributed by atoms with van der Waals surface area (Å²) in [5, 5.41) is 3.42. The van der Waals surface area contributed by atoms with Gasteiger partial charge in [-0.1, -0.05) is 5.16 Å². The fourth-order valence-electron chi connectivity index (χ4n) is 0.341. The van der Waals surface area contributed by atoms with Gasteiger partial charge in [0, 0.05) is 13.8 Å². The average Bonchev–Trinajstić information content (AvgIpc) is 1.87. The van der Waals surface area contributed by atoms with E-state index < -0.39 is 0 Å². The Morgan fingerprint density at radius 1 is 1.71 bits per heavy atom. The molecule has 3 nitrogen and oxygen atoms in total. The van der Waals surface area contributed by atoms with E-state index in [1.54, 1.807) is 6.92 Å². The first kappa shape index (κ1) is 4.30. The Kier molecular flexibility index (Phi) is 0.817. The molecule has 1 aromatic heterocycles. The van der Waals surface area contributed by atoms with Crippen molar-refractivity contribution in [3.8, 4) is 0 Å². The highest BCUT2D eigenvalue weighted by Crippen LogP contribution is 1.89. The van der Waals surface area contributed by atoms with Gasteiger partial charge in [-0.15, -0.1) is 0 Å². The van der Waals surface area contributed by atoms with Gasteiger partial charge in [0.15, 0.2) is 5.82 Å². The zero-order valence-corrected chi connectivity index (χ0v) is 4.01. The van der Waals surface area contributed by atoms with Crippen molar-refractivity contribution >= 4 is 0 Å². The Labute approximate surface area is 41.3 Å². The van der Waals surface area contributed by atoms with Gasteiger partial charge in [-0.2, -0.15) is 4.98 Å². The largest absolute Gasteiger partial charge is 0.340 e. The molecule has 0 aliphatic rings. The quantitative estimate of drug-likeness (QED) is 0.474. The normalized spacial score (nSPS) is 9.43. The third-order valence-corrected chi connectivity index (χ3v) is 0.570. The number of aryl methyl sites for hydroxylation is 1. The van der Waals surface area contributed by atoms with E-state index in [2.05, 4.69) is 21.6 Å². The lowest BCUT2D eigenvalue weighted by atomic mass is 10.7. The second-order valence-electron chi connectivity index (χ2n) is 1.23. The fraction of sp³-hybridized carbons (Fsp3) is 0.250. The maximum atomic E-state index is 4.54. The second-order valence-corrected chi connectivity index (χ2v) is 1.23. The highest BCUT2D eigenvalue weighted by molar-refractivity contribution is 4.85. The molecule has 0 saturated carbocycles. The van der Waals surface area contributed by atoms with Gasteiger partial charge in [-0.25, -0.2) is 0 Å². The number of aromatic nitrogens is 2. The summed E-state index contributed by atoms with van der Waals surface area (Å²) in [4.78, 5) is 3.72. The molecule has 0 aliphatic carbocycles. The lowest BCUT2D eigenvalue weighted by molar-refractivity contribution is 0.391. The van der Waals surface area contributed by atoms with Crippen LogP contribution in [0, 0.1) is 13.8 Å². The Balaban J connectivity index is 3.04. The lowest BCUT2D eigenvalue weighted by Crippen LogP contribution is -1.70. The molecule has 7 heavy (non-hydrogen) atoms. The standard InChI is InChI=1S/C4H5N2O/c1-3-5-4(2)7-6-3/h1H2,2H3. The van der Waals surface area contributed by atoms with Gasteiger partial charge in [0.25, 0.3) is 0 Å². The van der Waals surface area contributed by atoms with Crippen molar-refractivity contribution in [3.63, 3.8) is 0 Å². The SMILES string of the molecule is [CH2]c1noc(C)n1. The van der Waals surface area contributed by atoms with Gasteiger partial charge >= 0.3 is 0 Å². The maximum absolute atomic E-state index is 4.54. The van der Waals surface area contributed by atoms with Crippen molar-refractivity contribution < 1.29 is 4.52 Å². The second kappa shape index (κ2) is 1.33. The van der Waals surface area contributed by atoms with Crippen LogP contribution in [-0.4, -0.2) is 10.1 Å².